The maximum Gasteiger partial charge on any atom is 0.268 e. The first-order valence-electron chi connectivity index (χ1n) is 34.4. The lowest BCUT2D eigenvalue weighted by Gasteiger charge is -2.30. The fourth-order valence-corrected chi connectivity index (χ4v) is 10.8. The van der Waals surface area contributed by atoms with E-state index in [4.69, 9.17) is 9.05 Å². The summed E-state index contributed by atoms with van der Waals surface area (Å²) in [6.07, 6.45) is 87.9. The molecular formula is C72H133N2O6P. The van der Waals surface area contributed by atoms with Gasteiger partial charge in [-0.2, -0.15) is 0 Å². The Kier molecular flexibility index (Phi) is 60.4. The molecule has 0 bridgehead atoms. The number of nitrogens with one attached hydrogen (secondary N) is 1. The minimum absolute atomic E-state index is 0.0109. The molecule has 472 valence electrons. The Bertz CT molecular complexity index is 1600. The second kappa shape index (κ2) is 62.2. The van der Waals surface area contributed by atoms with Gasteiger partial charge in [-0.3, -0.25) is 9.36 Å². The molecule has 3 atom stereocenters. The van der Waals surface area contributed by atoms with Gasteiger partial charge in [0.05, 0.1) is 39.9 Å². The van der Waals surface area contributed by atoms with Crippen LogP contribution in [0.25, 0.3) is 0 Å². The normalized spacial score (nSPS) is 14.2. The SMILES string of the molecule is CC/C=C\C/C=C\C/C=C\C/C=C\C/C=C\C/C=C\C/C=C\CCCCCCCCCCCCCCCCCC(=O)NC(COP(=O)([O-])OCC[N+](C)(C)C)C(O)CCCCCCCCCCCCCCCCCCCCCCCC. The van der Waals surface area contributed by atoms with E-state index < -0.39 is 20.0 Å². The summed E-state index contributed by atoms with van der Waals surface area (Å²) < 4.78 is 23.5. The number of phosphoric acid groups is 1. The number of hydrogen-bond donors (Lipinski definition) is 2. The molecule has 0 saturated carbocycles. The summed E-state index contributed by atoms with van der Waals surface area (Å²) in [7, 11) is 1.31. The van der Waals surface area contributed by atoms with Gasteiger partial charge in [-0.1, -0.05) is 324 Å². The Morgan fingerprint density at radius 1 is 0.444 bits per heavy atom. The van der Waals surface area contributed by atoms with Gasteiger partial charge in [-0.25, -0.2) is 0 Å². The molecule has 9 heteroatoms. The van der Waals surface area contributed by atoms with Gasteiger partial charge >= 0.3 is 0 Å². The number of aliphatic hydroxyl groups excluding tert-OH is 1. The number of nitrogens with zero attached hydrogens (tertiary/aromatic N) is 1. The van der Waals surface area contributed by atoms with E-state index in [0.717, 1.165) is 83.5 Å². The number of unbranched alkanes of at least 4 members (excludes halogenated alkanes) is 36. The predicted molar refractivity (Wildman–Crippen MR) is 353 cm³/mol. The van der Waals surface area contributed by atoms with Crippen LogP contribution in [0.5, 0.6) is 0 Å². The third-order valence-electron chi connectivity index (χ3n) is 15.4. The van der Waals surface area contributed by atoms with Gasteiger partial charge in [0.25, 0.3) is 7.82 Å². The minimum Gasteiger partial charge on any atom is -0.756 e. The van der Waals surface area contributed by atoms with Gasteiger partial charge in [0.2, 0.25) is 5.91 Å². The van der Waals surface area contributed by atoms with Crippen LogP contribution in [0.1, 0.15) is 316 Å². The molecule has 0 rings (SSSR count). The first-order chi connectivity index (χ1) is 39.5. The van der Waals surface area contributed by atoms with Gasteiger partial charge in [-0.05, 0) is 70.6 Å². The zero-order valence-electron chi connectivity index (χ0n) is 54.0. The molecule has 0 aliphatic rings. The minimum atomic E-state index is -4.58. The fourth-order valence-electron chi connectivity index (χ4n) is 10.1. The van der Waals surface area contributed by atoms with Crippen LogP contribution >= 0.6 is 7.82 Å². The number of phosphoric ester groups is 1. The molecular weight excluding hydrogens is 1020 g/mol. The molecule has 0 fully saturated rings. The molecule has 0 aromatic carbocycles. The molecule has 0 saturated heterocycles. The molecule has 2 N–H and O–H groups in total. The van der Waals surface area contributed by atoms with Crippen molar-refractivity contribution in [2.45, 2.75) is 328 Å². The molecule has 0 aliphatic heterocycles. The van der Waals surface area contributed by atoms with Gasteiger partial charge in [0.15, 0.2) is 0 Å². The van der Waals surface area contributed by atoms with E-state index in [2.05, 4.69) is 104 Å². The highest BCUT2D eigenvalue weighted by molar-refractivity contribution is 7.45. The number of carbonyl (C=O) groups is 1. The summed E-state index contributed by atoms with van der Waals surface area (Å²) >= 11 is 0. The zero-order valence-corrected chi connectivity index (χ0v) is 54.9. The number of carbonyl (C=O) groups excluding carboxylic acids is 1. The second-order valence-corrected chi connectivity index (χ2v) is 25.9. The maximum atomic E-state index is 13.1. The lowest BCUT2D eigenvalue weighted by molar-refractivity contribution is -0.870. The van der Waals surface area contributed by atoms with Crippen molar-refractivity contribution in [3.05, 3.63) is 85.1 Å². The van der Waals surface area contributed by atoms with E-state index in [1.54, 1.807) is 0 Å². The summed E-state index contributed by atoms with van der Waals surface area (Å²) in [5, 5.41) is 14.1. The molecule has 3 unspecified atom stereocenters. The molecule has 0 radical (unpaired) electrons. The molecule has 0 aromatic rings. The van der Waals surface area contributed by atoms with E-state index in [1.807, 2.05) is 21.1 Å². The van der Waals surface area contributed by atoms with Crippen LogP contribution in [0.4, 0.5) is 0 Å². The highest BCUT2D eigenvalue weighted by Crippen LogP contribution is 2.38. The van der Waals surface area contributed by atoms with Crippen molar-refractivity contribution in [2.24, 2.45) is 0 Å². The van der Waals surface area contributed by atoms with E-state index >= 15 is 0 Å². The predicted octanol–water partition coefficient (Wildman–Crippen LogP) is 21.3. The quantitative estimate of drug-likeness (QED) is 0.0272. The largest absolute Gasteiger partial charge is 0.756 e. The van der Waals surface area contributed by atoms with Crippen LogP contribution in [0.3, 0.4) is 0 Å². The van der Waals surface area contributed by atoms with E-state index in [1.165, 1.54) is 205 Å². The van der Waals surface area contributed by atoms with E-state index in [9.17, 15) is 19.4 Å². The van der Waals surface area contributed by atoms with Crippen molar-refractivity contribution in [1.82, 2.24) is 5.32 Å². The second-order valence-electron chi connectivity index (χ2n) is 24.5. The standard InChI is InChI=1S/C72H133N2O6P/c1-6-8-10-12-14-16-18-20-22-24-26-28-30-31-32-33-34-35-36-37-38-39-40-41-42-43-44-46-48-50-52-54-56-58-60-62-64-66-72(76)73-70(69-80-81(77,78)79-68-67-74(3,4)5)71(75)65-63-61-59-57-55-53-51-49-47-45-29-27-25-23-21-19-17-15-13-11-9-7-2/h8,10,14,16,20,22,26,28,31-32,34-35,37-38,70-71,75H,6-7,9,11-13,15,17-19,21,23-25,27,29-30,33,36,39-69H2,1-5H3,(H-,73,76,77,78)/b10-8-,16-14-,22-20-,28-26-,32-31-,35-34-,38-37-. The van der Waals surface area contributed by atoms with E-state index in [0.29, 0.717) is 23.9 Å². The molecule has 0 spiro atoms. The first-order valence-corrected chi connectivity index (χ1v) is 35.9. The van der Waals surface area contributed by atoms with Crippen molar-refractivity contribution < 1.29 is 32.9 Å². The summed E-state index contributed by atoms with van der Waals surface area (Å²) in [5.41, 5.74) is 0. The van der Waals surface area contributed by atoms with Crippen LogP contribution < -0.4 is 10.2 Å². The third-order valence-corrected chi connectivity index (χ3v) is 16.4. The smallest absolute Gasteiger partial charge is 0.268 e. The number of rotatable bonds is 63. The number of amides is 1. The van der Waals surface area contributed by atoms with Crippen molar-refractivity contribution in [2.75, 3.05) is 40.9 Å². The van der Waals surface area contributed by atoms with Gasteiger partial charge in [0.1, 0.15) is 13.2 Å². The molecule has 81 heavy (non-hydrogen) atoms. The van der Waals surface area contributed by atoms with Crippen LogP contribution in [-0.2, 0) is 18.4 Å². The van der Waals surface area contributed by atoms with Gasteiger partial charge in [-0.15, -0.1) is 0 Å². The van der Waals surface area contributed by atoms with Crippen LogP contribution in [0.15, 0.2) is 85.1 Å². The Hall–Kier alpha value is -2.32. The lowest BCUT2D eigenvalue weighted by Crippen LogP contribution is -2.46. The van der Waals surface area contributed by atoms with Gasteiger partial charge < -0.3 is 28.8 Å². The maximum absolute atomic E-state index is 13.1. The molecule has 0 aromatic heterocycles. The Balaban J connectivity index is 4.03. The average Bonchev–Trinajstić information content (AvgIpc) is 3.43. The first kappa shape index (κ1) is 78.7. The topological polar surface area (TPSA) is 108 Å². The Labute approximate surface area is 503 Å². The summed E-state index contributed by atoms with van der Waals surface area (Å²) in [6, 6.07) is -0.805. The van der Waals surface area contributed by atoms with Crippen LogP contribution in [-0.4, -0.2) is 68.5 Å². The monoisotopic (exact) mass is 1150 g/mol. The molecule has 0 heterocycles. The summed E-state index contributed by atoms with van der Waals surface area (Å²) in [4.78, 5) is 25.7. The number of hydrogen-bond acceptors (Lipinski definition) is 6. The van der Waals surface area contributed by atoms with Crippen LogP contribution in [0, 0.1) is 0 Å². The van der Waals surface area contributed by atoms with Crippen molar-refractivity contribution >= 4 is 13.7 Å². The van der Waals surface area contributed by atoms with Gasteiger partial charge in [0, 0.05) is 6.42 Å². The molecule has 8 nitrogen and oxygen atoms in total. The number of quaternary nitrogens is 1. The Morgan fingerprint density at radius 3 is 1.10 bits per heavy atom. The molecule has 0 aliphatic carbocycles. The third kappa shape index (κ3) is 65.1. The zero-order chi connectivity index (χ0) is 59.1. The van der Waals surface area contributed by atoms with Crippen molar-refractivity contribution in [3.63, 3.8) is 0 Å². The van der Waals surface area contributed by atoms with Crippen molar-refractivity contribution in [1.29, 1.82) is 0 Å². The highest BCUT2D eigenvalue weighted by Gasteiger charge is 2.24. The number of likely N-dealkylation sites (N-methyl/N-ethyl adjacent to an activating group) is 1. The number of allylic oxidation sites excluding steroid dienone is 14. The highest BCUT2D eigenvalue weighted by atomic mass is 31.2. The Morgan fingerprint density at radius 2 is 0.753 bits per heavy atom. The number of aliphatic hydroxyl groups is 1. The molecule has 1 amide bonds. The van der Waals surface area contributed by atoms with Crippen LogP contribution in [0.2, 0.25) is 0 Å². The fraction of sp³-hybridized carbons (Fsp3) is 0.792. The summed E-state index contributed by atoms with van der Waals surface area (Å²) in [5.74, 6) is -0.163. The lowest BCUT2D eigenvalue weighted by atomic mass is 10.0. The summed E-state index contributed by atoms with van der Waals surface area (Å²) in [6.45, 7) is 4.64. The van der Waals surface area contributed by atoms with E-state index in [-0.39, 0.29) is 19.1 Å². The van der Waals surface area contributed by atoms with Crippen molar-refractivity contribution in [3.8, 4) is 0 Å². The average molecular weight is 1150 g/mol.